The molecule has 0 saturated carbocycles. The molecule has 3 aromatic rings. The van der Waals surface area contributed by atoms with Crippen LogP contribution in [0.4, 0.5) is 0 Å². The first-order valence-corrected chi connectivity index (χ1v) is 36.7. The molecule has 114 heavy (non-hydrogen) atoms. The zero-order valence-electron chi connectivity index (χ0n) is 63.2. The van der Waals surface area contributed by atoms with E-state index < -0.39 is 217 Å². The van der Waals surface area contributed by atoms with E-state index in [4.69, 9.17) is 127 Å². The molecule has 0 amide bonds. The average Bonchev–Trinajstić information content (AvgIpc) is 0.773. The van der Waals surface area contributed by atoms with Gasteiger partial charge in [0.2, 0.25) is 10.4 Å². The fourth-order valence-corrected chi connectivity index (χ4v) is 12.9. The van der Waals surface area contributed by atoms with Crippen LogP contribution in [0.1, 0.15) is 56.1 Å². The van der Waals surface area contributed by atoms with E-state index in [-0.39, 0.29) is 126 Å². The maximum atomic E-state index is 13.8. The number of aliphatic hydroxyl groups is 6. The first-order chi connectivity index (χ1) is 52.7. The van der Waals surface area contributed by atoms with Crippen molar-refractivity contribution in [3.63, 3.8) is 0 Å². The molecule has 9 rings (SSSR count). The second-order valence-electron chi connectivity index (χ2n) is 25.0. The number of ether oxygens (including phenoxy) is 15. The summed E-state index contributed by atoms with van der Waals surface area (Å²) >= 11 is 0. The number of rotatable bonds is 26. The summed E-state index contributed by atoms with van der Waals surface area (Å²) in [7, 11) is -9.02. The number of hydrogen-bond acceptors (Lipinski definition) is 38. The number of nitrogens with zero attached hydrogens (tertiary/aromatic N) is 6. The molecule has 0 bridgehead atoms. The van der Waals surface area contributed by atoms with E-state index in [1.807, 2.05) is 101 Å². The second kappa shape index (κ2) is 55.6. The summed E-state index contributed by atoms with van der Waals surface area (Å²) in [6, 6.07) is 23.8. The summed E-state index contributed by atoms with van der Waals surface area (Å²) in [6.07, 6.45) is -26.2. The van der Waals surface area contributed by atoms with Gasteiger partial charge in [-0.2, -0.15) is 19.2 Å². The van der Waals surface area contributed by atoms with E-state index in [0.717, 1.165) is 11.1 Å². The van der Waals surface area contributed by atoms with Crippen LogP contribution in [0.25, 0.3) is 32.4 Å². The van der Waals surface area contributed by atoms with Crippen LogP contribution in [0.3, 0.4) is 0 Å². The van der Waals surface area contributed by atoms with Gasteiger partial charge in [-0.05, 0) is 59.0 Å². The normalized spacial score (nSPS) is 34.0. The molecule has 0 spiro atoms. The molecule has 0 radical (unpaired) electrons. The minimum Gasteiger partial charge on any atom is -0.726 e. The van der Waals surface area contributed by atoms with Crippen LogP contribution >= 0.6 is 0 Å². The van der Waals surface area contributed by atoms with E-state index in [1.54, 1.807) is 24.3 Å². The molecule has 44 nitrogen and oxygen atoms in total. The van der Waals surface area contributed by atoms with Crippen molar-refractivity contribution < 1.29 is 257 Å². The van der Waals surface area contributed by atoms with E-state index in [1.165, 1.54) is 14.2 Å². The Balaban J connectivity index is 0.00000103. The Labute approximate surface area is 723 Å². The van der Waals surface area contributed by atoms with Crippen LogP contribution in [0.5, 0.6) is 0 Å². The van der Waals surface area contributed by atoms with Gasteiger partial charge >= 0.3 is 128 Å². The van der Waals surface area contributed by atoms with Gasteiger partial charge in [0.15, 0.2) is 37.4 Å². The average molecular weight is 1710 g/mol. The molecular formula is C64H87N8Na3O36S3. The predicted octanol–water partition coefficient (Wildman–Crippen LogP) is -8.68. The Hall–Kier alpha value is -4.26. The Bertz CT molecular complexity index is 3770. The molecule has 620 valence electrons. The Morgan fingerprint density at radius 3 is 1.46 bits per heavy atom. The molecule has 50 heteroatoms. The molecule has 6 saturated heterocycles. The zero-order chi connectivity index (χ0) is 82.8. The standard InChI is InChI=1S/C44H56N6O10.C18H32N2O16S.2CO2.3Na.2O3S/c1-26-27(2)36(47-49-45)43(56-34(26)24-53-22-31-16-10-7-11-17-31)59-38-29(4)40(58-41(51)33-20-14-9-15-21-33)44(55-30(38)5)60-39-28(3)37(48-50-46)42(52-6)57-35(39)25-54-23-32-18-12-8-13-19-32;1-30-16-9(20)13(26)14(6(3-22)33-16)35-18-15(36-37(27,28)29)11(24)7(4-31-18)34-17-8(19)12(25)10(23)5(2-21)32-17;2*2-1-3;;;;2*1-4(2)3/h7-21,26-30,34-40,42-44H,22-25H2,1-6H3;5-26H,2-4H2,1H3,(H,27,28,29);;;;;;;/q;-2;;;3*+1;;/p-1/t26-,27-,28+,29-,30?,34?,35?,36?,37?,38-,39-,40?,42-,43+,44-;5?,6?,7-,8?,9?,10-,11+,12-,13-,14-,15?,16+,17-,18+;;;;;;;/m01......./s1. The van der Waals surface area contributed by atoms with Crippen molar-refractivity contribution in [1.29, 1.82) is 0 Å². The number of methoxy groups -OCH3 is 2. The number of esters is 1. The molecule has 11 unspecified atom stereocenters. The molecule has 3 aromatic carbocycles. The van der Waals surface area contributed by atoms with Gasteiger partial charge in [0.05, 0.1) is 101 Å². The van der Waals surface area contributed by atoms with Crippen molar-refractivity contribution in [2.24, 2.45) is 33.9 Å². The van der Waals surface area contributed by atoms with Gasteiger partial charge in [-0.25, -0.2) is 13.2 Å². The maximum absolute atomic E-state index is 13.8. The minimum absolute atomic E-state index is 0. The number of nitrogens with one attached hydrogen (secondary N) is 2. The Morgan fingerprint density at radius 2 is 0.974 bits per heavy atom. The number of carbonyl (C=O) groups is 1. The van der Waals surface area contributed by atoms with E-state index in [9.17, 15) is 59.5 Å². The fourth-order valence-electron chi connectivity index (χ4n) is 12.4. The van der Waals surface area contributed by atoms with E-state index in [0.29, 0.717) is 25.4 Å². The van der Waals surface area contributed by atoms with Crippen molar-refractivity contribution in [3.05, 3.63) is 140 Å². The fraction of sp³-hybridized carbons (Fsp3) is 0.672. The summed E-state index contributed by atoms with van der Waals surface area (Å²) in [5.41, 5.74) is 37.5. The number of carbonyl (C=O) groups excluding carboxylic acids is 5. The molecule has 8 N–H and O–H groups in total. The van der Waals surface area contributed by atoms with Crippen LogP contribution in [-0.2, 0) is 139 Å². The van der Waals surface area contributed by atoms with Gasteiger partial charge in [0.1, 0.15) is 55.3 Å². The molecular weight excluding hydrogens is 1620 g/mol. The monoisotopic (exact) mass is 1710 g/mol. The first-order valence-electron chi connectivity index (χ1n) is 33.4. The first kappa shape index (κ1) is 108. The molecule has 6 aliphatic rings. The van der Waals surface area contributed by atoms with Crippen molar-refractivity contribution in [3.8, 4) is 0 Å². The third-order valence-corrected chi connectivity index (χ3v) is 18.6. The van der Waals surface area contributed by atoms with Crippen LogP contribution < -0.4 is 88.7 Å². The van der Waals surface area contributed by atoms with Crippen LogP contribution in [0, 0.1) is 23.7 Å². The van der Waals surface area contributed by atoms with Crippen LogP contribution in [0.15, 0.2) is 101 Å². The summed E-state index contributed by atoms with van der Waals surface area (Å²) < 4.78 is 178. The minimum atomic E-state index is -5.48. The molecule has 6 fully saturated rings. The van der Waals surface area contributed by atoms with Crippen LogP contribution in [0.2, 0.25) is 0 Å². The van der Waals surface area contributed by atoms with E-state index >= 15 is 0 Å². The van der Waals surface area contributed by atoms with Gasteiger partial charge in [-0.15, -0.1) is 25.3 Å². The number of hydrogen-bond donors (Lipinski definition) is 6. The summed E-state index contributed by atoms with van der Waals surface area (Å²) in [5, 5.41) is 68.3. The van der Waals surface area contributed by atoms with Crippen molar-refractivity contribution in [2.45, 2.75) is 201 Å². The molecule has 29 atom stereocenters. The van der Waals surface area contributed by atoms with Crippen LogP contribution in [-0.4, -0.2) is 288 Å². The molecule has 6 aliphatic heterocycles. The number of benzene rings is 3. The molecule has 0 aliphatic carbocycles. The summed E-state index contributed by atoms with van der Waals surface area (Å²) in [4.78, 5) is 52.5. The number of aliphatic hydroxyl groups excluding tert-OH is 6. The zero-order valence-corrected chi connectivity index (χ0v) is 71.6. The van der Waals surface area contributed by atoms with E-state index in [2.05, 4.69) is 24.2 Å². The quantitative estimate of drug-likeness (QED) is 0.00827. The van der Waals surface area contributed by atoms with Gasteiger partial charge < -0.3 is 118 Å². The molecule has 6 heterocycles. The van der Waals surface area contributed by atoms with Gasteiger partial charge in [0.25, 0.3) is 0 Å². The molecule has 0 aromatic heterocycles. The third kappa shape index (κ3) is 33.4. The van der Waals surface area contributed by atoms with Gasteiger partial charge in [-0.1, -0.05) is 129 Å². The largest absolute Gasteiger partial charge is 1.00 e. The predicted molar refractivity (Wildman–Crippen MR) is 361 cm³/mol. The topological polar surface area (TPSA) is 659 Å². The van der Waals surface area contributed by atoms with Crippen molar-refractivity contribution in [1.82, 2.24) is 0 Å². The van der Waals surface area contributed by atoms with Gasteiger partial charge in [0, 0.05) is 30.0 Å². The summed E-state index contributed by atoms with van der Waals surface area (Å²) in [6.45, 7) is 8.75. The maximum Gasteiger partial charge on any atom is 1.00 e. The van der Waals surface area contributed by atoms with Crippen molar-refractivity contribution >= 4 is 49.9 Å². The Morgan fingerprint density at radius 1 is 0.535 bits per heavy atom. The number of azide groups is 2. The SMILES string of the molecule is CO[C@H]1OC(CO)[C@@H](O[C@@H]2OC[C@@H](O[C@H]3OC(CO)[C@@H](O)[C@H](O)C3[NH-])[C@H](O)C2OS(=O)(=O)[O-])[C@H](O)C1[NH-].CO[C@H]1OC(COCc2ccccc2)[C@@H](O[C@@H]2OC(C)[C@@H](O[C@H]3OC(COCc4ccccc4)[C@@H](C)[C@H](C)C3N=[N+]=[N-])[C@H](C)C2OC(=O)c2ccccc2)[C@H](C)C1N=[N+]=[N-].O=C=O.O=C=O.O=S(=O)=O.O=S(=O)=O.[Na+].[Na+].[Na+]. The van der Waals surface area contributed by atoms with Crippen molar-refractivity contribution in [2.75, 3.05) is 47.3 Å². The summed E-state index contributed by atoms with van der Waals surface area (Å²) in [5.74, 6) is -1.74. The third-order valence-electron chi connectivity index (χ3n) is 18.1. The Kier molecular flexibility index (Phi) is 52.5. The van der Waals surface area contributed by atoms with Gasteiger partial charge in [-0.3, -0.25) is 4.18 Å². The smallest absolute Gasteiger partial charge is 0.726 e. The second-order valence-corrected chi connectivity index (χ2v) is 26.8.